The normalized spacial score (nSPS) is 29.6. The fourth-order valence-electron chi connectivity index (χ4n) is 0.899. The average Bonchev–Trinajstić information content (AvgIpc) is 2.34. The van der Waals surface area contributed by atoms with Gasteiger partial charge in [-0.3, -0.25) is 4.99 Å². The summed E-state index contributed by atoms with van der Waals surface area (Å²) in [4.78, 5) is 4.09. The molecule has 0 spiro atoms. The maximum atomic E-state index is 4.09. The lowest BCUT2D eigenvalue weighted by Crippen LogP contribution is -2.31. The Morgan fingerprint density at radius 2 is 2.40 bits per heavy atom. The van der Waals surface area contributed by atoms with Crippen molar-refractivity contribution in [2.24, 2.45) is 10.9 Å². The number of nitrogens with zero attached hydrogens (tertiary/aromatic N) is 1. The van der Waals surface area contributed by atoms with Crippen LogP contribution in [0.4, 0.5) is 0 Å². The first-order chi connectivity index (χ1) is 4.74. The molecule has 0 aromatic carbocycles. The van der Waals surface area contributed by atoms with Gasteiger partial charge in [-0.25, -0.2) is 0 Å². The van der Waals surface area contributed by atoms with Crippen LogP contribution < -0.4 is 5.32 Å². The highest BCUT2D eigenvalue weighted by Crippen LogP contribution is 2.18. The van der Waals surface area contributed by atoms with Gasteiger partial charge in [-0.1, -0.05) is 25.6 Å². The van der Waals surface area contributed by atoms with E-state index in [1.807, 2.05) is 18.8 Å². The molecule has 0 saturated carbocycles. The molecule has 1 heterocycles. The fourth-order valence-corrected chi connectivity index (χ4v) is 2.07. The number of rotatable bonds is 1. The maximum Gasteiger partial charge on any atom is 0.156 e. The predicted octanol–water partition coefficient (Wildman–Crippen LogP) is 1.33. The van der Waals surface area contributed by atoms with E-state index in [-0.39, 0.29) is 0 Å². The van der Waals surface area contributed by atoms with E-state index in [0.717, 1.165) is 5.17 Å². The van der Waals surface area contributed by atoms with Crippen molar-refractivity contribution in [3.05, 3.63) is 0 Å². The van der Waals surface area contributed by atoms with Crippen LogP contribution in [0.25, 0.3) is 0 Å². The lowest BCUT2D eigenvalue weighted by atomic mass is 10.1. The van der Waals surface area contributed by atoms with Crippen molar-refractivity contribution in [3.63, 3.8) is 0 Å². The van der Waals surface area contributed by atoms with Crippen LogP contribution in [0.3, 0.4) is 0 Å². The van der Waals surface area contributed by atoms with Crippen LogP contribution in [-0.4, -0.2) is 24.0 Å². The molecule has 2 nitrogen and oxygen atoms in total. The lowest BCUT2D eigenvalue weighted by molar-refractivity contribution is 0.503. The van der Waals surface area contributed by atoms with Gasteiger partial charge < -0.3 is 5.32 Å². The second kappa shape index (κ2) is 3.28. The molecule has 0 aliphatic carbocycles. The van der Waals surface area contributed by atoms with Crippen LogP contribution in [0.5, 0.6) is 0 Å². The molecule has 10 heavy (non-hydrogen) atoms. The third kappa shape index (κ3) is 1.66. The Kier molecular flexibility index (Phi) is 2.60. The van der Waals surface area contributed by atoms with E-state index in [0.29, 0.717) is 12.0 Å². The summed E-state index contributed by atoms with van der Waals surface area (Å²) in [6, 6.07) is 0.628. The molecule has 1 fully saturated rings. The highest BCUT2D eigenvalue weighted by molar-refractivity contribution is 8.14. The zero-order valence-electron chi connectivity index (χ0n) is 6.72. The molecule has 1 atom stereocenters. The Morgan fingerprint density at radius 3 is 2.70 bits per heavy atom. The molecular formula is C7H14N2S. The van der Waals surface area contributed by atoms with Crippen LogP contribution in [0.2, 0.25) is 0 Å². The Balaban J connectivity index is 2.43. The Labute approximate surface area is 66.5 Å². The third-order valence-corrected chi connectivity index (χ3v) is 2.82. The highest BCUT2D eigenvalue weighted by atomic mass is 32.2. The summed E-state index contributed by atoms with van der Waals surface area (Å²) in [5.41, 5.74) is 0. The summed E-state index contributed by atoms with van der Waals surface area (Å²) >= 11 is 1.82. The third-order valence-electron chi connectivity index (χ3n) is 1.72. The van der Waals surface area contributed by atoms with Gasteiger partial charge in [-0.05, 0) is 5.92 Å². The minimum absolute atomic E-state index is 0.628. The lowest BCUT2D eigenvalue weighted by Gasteiger charge is -2.12. The SMILES string of the molecule is CN=C1N[C@@H](C(C)C)CS1. The van der Waals surface area contributed by atoms with E-state index in [1.165, 1.54) is 5.75 Å². The zero-order chi connectivity index (χ0) is 7.56. The van der Waals surface area contributed by atoms with Gasteiger partial charge in [0.2, 0.25) is 0 Å². The van der Waals surface area contributed by atoms with E-state index in [9.17, 15) is 0 Å². The molecule has 0 unspecified atom stereocenters. The van der Waals surface area contributed by atoms with E-state index in [4.69, 9.17) is 0 Å². The molecule has 58 valence electrons. The summed E-state index contributed by atoms with van der Waals surface area (Å²) in [7, 11) is 1.83. The average molecular weight is 158 g/mol. The summed E-state index contributed by atoms with van der Waals surface area (Å²) in [6.45, 7) is 4.47. The van der Waals surface area contributed by atoms with Gasteiger partial charge in [0.25, 0.3) is 0 Å². The fraction of sp³-hybridized carbons (Fsp3) is 0.857. The molecule has 0 radical (unpaired) electrons. The molecule has 1 saturated heterocycles. The molecule has 0 aromatic heterocycles. The smallest absolute Gasteiger partial charge is 0.156 e. The summed E-state index contributed by atoms with van der Waals surface area (Å²) in [5, 5.41) is 4.45. The van der Waals surface area contributed by atoms with Crippen molar-refractivity contribution in [2.75, 3.05) is 12.8 Å². The van der Waals surface area contributed by atoms with Crippen LogP contribution in [-0.2, 0) is 0 Å². The second-order valence-corrected chi connectivity index (χ2v) is 3.84. The topological polar surface area (TPSA) is 24.4 Å². The largest absolute Gasteiger partial charge is 0.361 e. The van der Waals surface area contributed by atoms with Crippen LogP contribution in [0.1, 0.15) is 13.8 Å². The quantitative estimate of drug-likeness (QED) is 0.622. The van der Waals surface area contributed by atoms with E-state index in [1.54, 1.807) is 0 Å². The molecular weight excluding hydrogens is 144 g/mol. The minimum Gasteiger partial charge on any atom is -0.361 e. The molecule has 1 aliphatic rings. The highest BCUT2D eigenvalue weighted by Gasteiger charge is 2.21. The maximum absolute atomic E-state index is 4.09. The van der Waals surface area contributed by atoms with Gasteiger partial charge >= 0.3 is 0 Å². The Morgan fingerprint density at radius 1 is 1.70 bits per heavy atom. The molecule has 1 N–H and O–H groups in total. The van der Waals surface area contributed by atoms with Crippen molar-refractivity contribution in [2.45, 2.75) is 19.9 Å². The van der Waals surface area contributed by atoms with Crippen LogP contribution >= 0.6 is 11.8 Å². The molecule has 0 amide bonds. The van der Waals surface area contributed by atoms with E-state index >= 15 is 0 Å². The molecule has 1 aliphatic heterocycles. The number of thioether (sulfide) groups is 1. The monoisotopic (exact) mass is 158 g/mol. The number of amidine groups is 1. The number of hydrogen-bond donors (Lipinski definition) is 1. The molecule has 0 bridgehead atoms. The number of hydrogen-bond acceptors (Lipinski definition) is 2. The van der Waals surface area contributed by atoms with Gasteiger partial charge in [-0.15, -0.1) is 0 Å². The predicted molar refractivity (Wildman–Crippen MR) is 47.6 cm³/mol. The van der Waals surface area contributed by atoms with Gasteiger partial charge in [0.1, 0.15) is 0 Å². The first-order valence-corrected chi connectivity index (χ1v) is 4.58. The Hall–Kier alpha value is -0.180. The van der Waals surface area contributed by atoms with Gasteiger partial charge in [0.15, 0.2) is 5.17 Å². The van der Waals surface area contributed by atoms with E-state index in [2.05, 4.69) is 24.2 Å². The van der Waals surface area contributed by atoms with Crippen LogP contribution in [0.15, 0.2) is 4.99 Å². The number of nitrogens with one attached hydrogen (secondary N) is 1. The van der Waals surface area contributed by atoms with Crippen molar-refractivity contribution in [3.8, 4) is 0 Å². The van der Waals surface area contributed by atoms with Crippen LogP contribution in [0, 0.1) is 5.92 Å². The van der Waals surface area contributed by atoms with Crippen molar-refractivity contribution in [1.29, 1.82) is 0 Å². The van der Waals surface area contributed by atoms with Crippen molar-refractivity contribution in [1.82, 2.24) is 5.32 Å². The summed E-state index contributed by atoms with van der Waals surface area (Å²) < 4.78 is 0. The summed E-state index contributed by atoms with van der Waals surface area (Å²) in [5.74, 6) is 1.89. The summed E-state index contributed by atoms with van der Waals surface area (Å²) in [6.07, 6.45) is 0. The van der Waals surface area contributed by atoms with Crippen molar-refractivity contribution < 1.29 is 0 Å². The zero-order valence-corrected chi connectivity index (χ0v) is 7.53. The second-order valence-electron chi connectivity index (χ2n) is 2.83. The van der Waals surface area contributed by atoms with Gasteiger partial charge in [-0.2, -0.15) is 0 Å². The first-order valence-electron chi connectivity index (χ1n) is 3.60. The Bertz CT molecular complexity index is 143. The standard InChI is InChI=1S/C7H14N2S/c1-5(2)6-4-10-7(8-3)9-6/h5-6H,4H2,1-3H3,(H,8,9)/t6-/m1/s1. The number of aliphatic imine (C=N–C) groups is 1. The molecule has 3 heteroatoms. The van der Waals surface area contributed by atoms with E-state index < -0.39 is 0 Å². The van der Waals surface area contributed by atoms with Crippen molar-refractivity contribution >= 4 is 16.9 Å². The minimum atomic E-state index is 0.628. The molecule has 0 aromatic rings. The molecule has 1 rings (SSSR count). The van der Waals surface area contributed by atoms with Gasteiger partial charge in [0, 0.05) is 18.8 Å². The van der Waals surface area contributed by atoms with Gasteiger partial charge in [0.05, 0.1) is 0 Å². The first kappa shape index (κ1) is 7.92.